The van der Waals surface area contributed by atoms with Gasteiger partial charge < -0.3 is 10.6 Å². The van der Waals surface area contributed by atoms with Crippen LogP contribution in [-0.2, 0) is 10.0 Å². The molecule has 6 nitrogen and oxygen atoms in total. The van der Waals surface area contributed by atoms with E-state index in [9.17, 15) is 8.42 Å². The molecule has 0 aliphatic rings. The van der Waals surface area contributed by atoms with E-state index in [0.717, 1.165) is 6.42 Å². The Kier molecular flexibility index (Phi) is 5.71. The summed E-state index contributed by atoms with van der Waals surface area (Å²) < 4.78 is 26.5. The molecule has 1 heterocycles. The summed E-state index contributed by atoms with van der Waals surface area (Å²) in [5.74, 6) is 0. The van der Waals surface area contributed by atoms with Crippen molar-refractivity contribution in [2.45, 2.75) is 18.2 Å². The number of nitrogen functional groups attached to an aromatic ring is 1. The van der Waals surface area contributed by atoms with Crippen molar-refractivity contribution in [2.24, 2.45) is 0 Å². The topological polar surface area (TPSA) is 79.5 Å². The molecule has 2 N–H and O–H groups in total. The van der Waals surface area contributed by atoms with Crippen LogP contribution in [0.5, 0.6) is 0 Å². The Balaban J connectivity index is 3.03. The maximum atomic E-state index is 12.5. The summed E-state index contributed by atoms with van der Waals surface area (Å²) in [6.45, 7) is 3.53. The van der Waals surface area contributed by atoms with E-state index in [1.807, 2.05) is 25.9 Å². The third kappa shape index (κ3) is 4.15. The van der Waals surface area contributed by atoms with Gasteiger partial charge in [-0.25, -0.2) is 8.42 Å². The van der Waals surface area contributed by atoms with E-state index >= 15 is 0 Å². The lowest BCUT2D eigenvalue weighted by Gasteiger charge is -2.23. The van der Waals surface area contributed by atoms with Gasteiger partial charge in [0.15, 0.2) is 0 Å². The Morgan fingerprint density at radius 1 is 1.26 bits per heavy atom. The zero-order chi connectivity index (χ0) is 14.5. The molecule has 1 aromatic rings. The third-order valence-corrected chi connectivity index (χ3v) is 4.65. The highest BCUT2D eigenvalue weighted by Crippen LogP contribution is 2.20. The summed E-state index contributed by atoms with van der Waals surface area (Å²) in [6, 6.07) is 1.50. The number of hydrogen-bond donors (Lipinski definition) is 1. The first-order valence-electron chi connectivity index (χ1n) is 6.24. The number of pyridine rings is 1. The molecule has 0 bridgehead atoms. The molecule has 1 rings (SSSR count). The van der Waals surface area contributed by atoms with Crippen LogP contribution in [0.3, 0.4) is 0 Å². The van der Waals surface area contributed by atoms with Crippen LogP contribution >= 0.6 is 0 Å². The second-order valence-corrected chi connectivity index (χ2v) is 6.53. The third-order valence-electron chi connectivity index (χ3n) is 2.70. The van der Waals surface area contributed by atoms with E-state index < -0.39 is 10.0 Å². The SMILES string of the molecule is CCCN(CCN(C)C)S(=O)(=O)c1cnccc1N. The lowest BCUT2D eigenvalue weighted by Crippen LogP contribution is -2.37. The van der Waals surface area contributed by atoms with Gasteiger partial charge in [0, 0.05) is 32.0 Å². The van der Waals surface area contributed by atoms with Crippen LogP contribution in [-0.4, -0.2) is 56.3 Å². The molecule has 0 aromatic carbocycles. The molecule has 19 heavy (non-hydrogen) atoms. The Bertz CT molecular complexity index is 502. The molecule has 0 saturated heterocycles. The molecular weight excluding hydrogens is 264 g/mol. The van der Waals surface area contributed by atoms with Crippen LogP contribution in [0.2, 0.25) is 0 Å². The highest BCUT2D eigenvalue weighted by molar-refractivity contribution is 7.89. The predicted octanol–water partition coefficient (Wildman–Crippen LogP) is 0.626. The standard InChI is InChI=1S/C12H22N4O2S/c1-4-7-16(9-8-15(2)3)19(17,18)12-10-14-6-5-11(12)13/h5-6,10H,4,7-9H2,1-3H3,(H2,13,14). The smallest absolute Gasteiger partial charge is 0.246 e. The number of hydrogen-bond acceptors (Lipinski definition) is 5. The van der Waals surface area contributed by atoms with Crippen molar-refractivity contribution in [1.82, 2.24) is 14.2 Å². The molecule has 1 aromatic heterocycles. The van der Waals surface area contributed by atoms with Crippen molar-refractivity contribution in [1.29, 1.82) is 0 Å². The Labute approximate surface area is 115 Å². The average Bonchev–Trinajstić information content (AvgIpc) is 2.34. The number of aromatic nitrogens is 1. The second-order valence-electron chi connectivity index (χ2n) is 4.62. The predicted molar refractivity (Wildman–Crippen MR) is 76.3 cm³/mol. The maximum Gasteiger partial charge on any atom is 0.246 e. The Hall–Kier alpha value is -1.18. The van der Waals surface area contributed by atoms with Crippen molar-refractivity contribution in [3.63, 3.8) is 0 Å². The summed E-state index contributed by atoms with van der Waals surface area (Å²) in [5.41, 5.74) is 5.98. The molecule has 0 aliphatic heterocycles. The number of nitrogens with zero attached hydrogens (tertiary/aromatic N) is 3. The first-order chi connectivity index (χ1) is 8.89. The summed E-state index contributed by atoms with van der Waals surface area (Å²) in [4.78, 5) is 5.89. The van der Waals surface area contributed by atoms with Gasteiger partial charge in [0.2, 0.25) is 10.0 Å². The highest BCUT2D eigenvalue weighted by atomic mass is 32.2. The van der Waals surface area contributed by atoms with E-state index in [1.165, 1.54) is 22.8 Å². The van der Waals surface area contributed by atoms with Crippen LogP contribution in [0, 0.1) is 0 Å². The van der Waals surface area contributed by atoms with Gasteiger partial charge in [0.05, 0.1) is 5.69 Å². The minimum atomic E-state index is -3.57. The van der Waals surface area contributed by atoms with Crippen molar-refractivity contribution in [3.05, 3.63) is 18.5 Å². The fourth-order valence-electron chi connectivity index (χ4n) is 1.66. The van der Waals surface area contributed by atoms with Crippen LogP contribution in [0.25, 0.3) is 0 Å². The van der Waals surface area contributed by atoms with Gasteiger partial charge in [-0.15, -0.1) is 0 Å². The highest BCUT2D eigenvalue weighted by Gasteiger charge is 2.25. The van der Waals surface area contributed by atoms with Gasteiger partial charge in [-0.2, -0.15) is 4.31 Å². The largest absolute Gasteiger partial charge is 0.398 e. The summed E-state index contributed by atoms with van der Waals surface area (Å²) in [7, 11) is 0.253. The minimum Gasteiger partial charge on any atom is -0.398 e. The summed E-state index contributed by atoms with van der Waals surface area (Å²) >= 11 is 0. The number of rotatable bonds is 7. The van der Waals surface area contributed by atoms with E-state index in [0.29, 0.717) is 19.6 Å². The Morgan fingerprint density at radius 3 is 2.47 bits per heavy atom. The van der Waals surface area contributed by atoms with Crippen LogP contribution < -0.4 is 5.73 Å². The van der Waals surface area contributed by atoms with E-state index in [1.54, 1.807) is 0 Å². The summed E-state index contributed by atoms with van der Waals surface area (Å²) in [5, 5.41) is 0. The van der Waals surface area contributed by atoms with Gasteiger partial charge >= 0.3 is 0 Å². The zero-order valence-electron chi connectivity index (χ0n) is 11.7. The van der Waals surface area contributed by atoms with Crippen LogP contribution in [0.4, 0.5) is 5.69 Å². The Morgan fingerprint density at radius 2 is 1.95 bits per heavy atom. The first kappa shape index (κ1) is 15.9. The lowest BCUT2D eigenvalue weighted by atomic mass is 10.4. The second kappa shape index (κ2) is 6.83. The molecule has 7 heteroatoms. The van der Waals surface area contributed by atoms with Gasteiger partial charge in [-0.3, -0.25) is 4.98 Å². The molecule has 108 valence electrons. The number of sulfonamides is 1. The van der Waals surface area contributed by atoms with Gasteiger partial charge in [-0.1, -0.05) is 6.92 Å². The molecule has 0 spiro atoms. The molecular formula is C12H22N4O2S. The molecule has 0 aliphatic carbocycles. The number of nitrogens with two attached hydrogens (primary N) is 1. The summed E-state index contributed by atoms with van der Waals surface area (Å²) in [6.07, 6.45) is 3.55. The van der Waals surface area contributed by atoms with Crippen molar-refractivity contribution < 1.29 is 8.42 Å². The normalized spacial score (nSPS) is 12.3. The molecule has 0 unspecified atom stereocenters. The van der Waals surface area contributed by atoms with Gasteiger partial charge in [0.25, 0.3) is 0 Å². The van der Waals surface area contributed by atoms with Crippen LogP contribution in [0.15, 0.2) is 23.4 Å². The monoisotopic (exact) mass is 286 g/mol. The number of likely N-dealkylation sites (N-methyl/N-ethyl adjacent to an activating group) is 1. The lowest BCUT2D eigenvalue weighted by molar-refractivity contribution is 0.333. The minimum absolute atomic E-state index is 0.0854. The van der Waals surface area contributed by atoms with Crippen molar-refractivity contribution in [3.8, 4) is 0 Å². The van der Waals surface area contributed by atoms with E-state index in [2.05, 4.69) is 4.98 Å². The molecule has 0 radical (unpaired) electrons. The molecule has 0 atom stereocenters. The fourth-order valence-corrected chi connectivity index (χ4v) is 3.24. The fraction of sp³-hybridized carbons (Fsp3) is 0.583. The van der Waals surface area contributed by atoms with Gasteiger partial charge in [0.1, 0.15) is 4.90 Å². The molecule has 0 fully saturated rings. The molecule has 0 saturated carbocycles. The molecule has 0 amide bonds. The van der Waals surface area contributed by atoms with E-state index in [-0.39, 0.29) is 10.6 Å². The number of anilines is 1. The van der Waals surface area contributed by atoms with Crippen LogP contribution in [0.1, 0.15) is 13.3 Å². The zero-order valence-corrected chi connectivity index (χ0v) is 12.5. The maximum absolute atomic E-state index is 12.5. The quantitative estimate of drug-likeness (QED) is 0.795. The average molecular weight is 286 g/mol. The van der Waals surface area contributed by atoms with E-state index in [4.69, 9.17) is 5.73 Å². The first-order valence-corrected chi connectivity index (χ1v) is 7.68. The van der Waals surface area contributed by atoms with Crippen molar-refractivity contribution in [2.75, 3.05) is 39.5 Å². The van der Waals surface area contributed by atoms with Crippen molar-refractivity contribution >= 4 is 15.7 Å². The van der Waals surface area contributed by atoms with Gasteiger partial charge in [-0.05, 0) is 26.6 Å².